The number of halogens is 2. The molecule has 0 amide bonds. The quantitative estimate of drug-likeness (QED) is 0.481. The van der Waals surface area contributed by atoms with Gasteiger partial charge in [0, 0.05) is 10.6 Å². The van der Waals surface area contributed by atoms with Crippen molar-refractivity contribution in [1.29, 1.82) is 0 Å². The lowest BCUT2D eigenvalue weighted by molar-refractivity contribution is 0.528. The van der Waals surface area contributed by atoms with Crippen LogP contribution in [0, 0.1) is 3.57 Å². The fourth-order valence-electron chi connectivity index (χ4n) is 2.17. The third-order valence-corrected chi connectivity index (χ3v) is 4.76. The van der Waals surface area contributed by atoms with Crippen molar-refractivity contribution in [3.05, 3.63) is 67.7 Å². The van der Waals surface area contributed by atoms with Gasteiger partial charge < -0.3 is 4.42 Å². The molecule has 0 radical (unpaired) electrons. The largest absolute Gasteiger partial charge is 0.419 e. The van der Waals surface area contributed by atoms with Crippen molar-refractivity contribution in [3.63, 3.8) is 0 Å². The molecular weight excluding hydrogens is 389 g/mol. The van der Waals surface area contributed by atoms with Crippen LogP contribution >= 0.6 is 34.2 Å². The highest BCUT2D eigenvalue weighted by molar-refractivity contribution is 14.1. The molecule has 0 aliphatic carbocycles. The van der Waals surface area contributed by atoms with Gasteiger partial charge in [0.05, 0.1) is 10.9 Å². The zero-order valence-corrected chi connectivity index (χ0v) is 13.6. The number of alkyl halides is 1. The summed E-state index contributed by atoms with van der Waals surface area (Å²) in [5.41, 5.74) is 3.29. The maximum atomic E-state index is 11.5. The lowest BCUT2D eigenvalue weighted by Gasteiger charge is -2.12. The summed E-state index contributed by atoms with van der Waals surface area (Å²) in [6, 6.07) is 13.6. The molecule has 0 aliphatic rings. The first kappa shape index (κ1) is 13.7. The number of rotatable bonds is 2. The van der Waals surface area contributed by atoms with Crippen LogP contribution in [0.3, 0.4) is 0 Å². The van der Waals surface area contributed by atoms with E-state index in [0.717, 1.165) is 20.2 Å². The molecule has 1 aromatic heterocycles. The predicted molar refractivity (Wildman–Crippen MR) is 88.3 cm³/mol. The number of nitrogens with zero attached hydrogens (tertiary/aromatic N) is 1. The fraction of sp³-hybridized carbons (Fsp3) is 0.133. The van der Waals surface area contributed by atoms with E-state index in [1.807, 2.05) is 42.5 Å². The molecule has 1 heterocycles. The van der Waals surface area contributed by atoms with Gasteiger partial charge in [-0.3, -0.25) is 4.57 Å². The van der Waals surface area contributed by atoms with E-state index in [0.29, 0.717) is 5.58 Å². The van der Waals surface area contributed by atoms with E-state index in [1.165, 1.54) is 4.57 Å². The molecule has 1 atom stereocenters. The van der Waals surface area contributed by atoms with Crippen LogP contribution in [0.5, 0.6) is 0 Å². The predicted octanol–water partition coefficient (Wildman–Crippen LogP) is 4.06. The Kier molecular flexibility index (Phi) is 3.60. The lowest BCUT2D eigenvalue weighted by Crippen LogP contribution is -2.08. The van der Waals surface area contributed by atoms with E-state index in [4.69, 9.17) is 16.0 Å². The summed E-state index contributed by atoms with van der Waals surface area (Å²) in [6.07, 6.45) is 0. The number of fused-ring (bicyclic) bond motifs is 1. The Hall–Kier alpha value is -1.27. The van der Waals surface area contributed by atoms with E-state index < -0.39 is 0 Å². The third-order valence-electron chi connectivity index (χ3n) is 3.29. The van der Waals surface area contributed by atoms with E-state index in [9.17, 15) is 4.79 Å². The van der Waals surface area contributed by atoms with Crippen LogP contribution in [0.2, 0.25) is 0 Å². The number of benzene rings is 2. The van der Waals surface area contributed by atoms with Gasteiger partial charge in [-0.15, -0.1) is 11.6 Å². The average molecular weight is 400 g/mol. The molecule has 2 aromatic carbocycles. The molecule has 3 aromatic rings. The van der Waals surface area contributed by atoms with Crippen molar-refractivity contribution < 1.29 is 4.42 Å². The first-order valence-electron chi connectivity index (χ1n) is 6.06. The zero-order valence-electron chi connectivity index (χ0n) is 10.6. The Bertz CT molecular complexity index is 837. The molecule has 0 fully saturated rings. The zero-order chi connectivity index (χ0) is 14.3. The summed E-state index contributed by atoms with van der Waals surface area (Å²) < 4.78 is 7.79. The molecular formula is C15H11ClINO2. The van der Waals surface area contributed by atoms with Gasteiger partial charge in [0.1, 0.15) is 0 Å². The number of oxazole rings is 1. The SMILES string of the molecule is Cn1c(=O)oc2cc(C(Cl)c3ccccc3I)ccc21. The monoisotopic (exact) mass is 399 g/mol. The second kappa shape index (κ2) is 5.26. The Balaban J connectivity index is 2.11. The first-order chi connectivity index (χ1) is 9.58. The standard InChI is InChI=1S/C15H11ClINO2/c1-18-12-7-6-9(8-13(12)20-15(18)19)14(16)10-4-2-3-5-11(10)17/h2-8,14H,1H3. The Labute approximate surface area is 134 Å². The molecule has 3 nitrogen and oxygen atoms in total. The summed E-state index contributed by atoms with van der Waals surface area (Å²) >= 11 is 8.82. The van der Waals surface area contributed by atoms with Gasteiger partial charge >= 0.3 is 5.76 Å². The lowest BCUT2D eigenvalue weighted by atomic mass is 10.0. The molecule has 102 valence electrons. The van der Waals surface area contributed by atoms with Crippen LogP contribution < -0.4 is 5.76 Å². The first-order valence-corrected chi connectivity index (χ1v) is 7.57. The number of aromatic nitrogens is 1. The maximum absolute atomic E-state index is 11.5. The van der Waals surface area contributed by atoms with Gasteiger partial charge in [-0.25, -0.2) is 4.79 Å². The van der Waals surface area contributed by atoms with Crippen LogP contribution in [0.15, 0.2) is 51.7 Å². The summed E-state index contributed by atoms with van der Waals surface area (Å²) in [6.45, 7) is 0. The topological polar surface area (TPSA) is 35.1 Å². The van der Waals surface area contributed by atoms with Crippen molar-refractivity contribution >= 4 is 45.3 Å². The molecule has 0 spiro atoms. The van der Waals surface area contributed by atoms with Crippen molar-refractivity contribution in [2.75, 3.05) is 0 Å². The van der Waals surface area contributed by atoms with E-state index >= 15 is 0 Å². The van der Waals surface area contributed by atoms with Gasteiger partial charge in [0.2, 0.25) is 0 Å². The van der Waals surface area contributed by atoms with Crippen LogP contribution in [-0.2, 0) is 7.05 Å². The molecule has 0 saturated carbocycles. The molecule has 0 aliphatic heterocycles. The minimum absolute atomic E-state index is 0.266. The van der Waals surface area contributed by atoms with Gasteiger partial charge in [-0.2, -0.15) is 0 Å². The van der Waals surface area contributed by atoms with Gasteiger partial charge in [0.25, 0.3) is 0 Å². The maximum Gasteiger partial charge on any atom is 0.419 e. The van der Waals surface area contributed by atoms with E-state index in [2.05, 4.69) is 22.6 Å². The van der Waals surface area contributed by atoms with Crippen LogP contribution in [-0.4, -0.2) is 4.57 Å². The summed E-state index contributed by atoms with van der Waals surface area (Å²) in [5, 5.41) is -0.266. The van der Waals surface area contributed by atoms with Crippen LogP contribution in [0.25, 0.3) is 11.1 Å². The fourth-order valence-corrected chi connectivity index (χ4v) is 3.38. The van der Waals surface area contributed by atoms with Crippen molar-refractivity contribution in [3.8, 4) is 0 Å². The highest BCUT2D eigenvalue weighted by Gasteiger charge is 2.15. The van der Waals surface area contributed by atoms with Crippen molar-refractivity contribution in [2.24, 2.45) is 7.05 Å². The summed E-state index contributed by atoms with van der Waals surface area (Å²) in [4.78, 5) is 11.5. The van der Waals surface area contributed by atoms with Crippen LogP contribution in [0.4, 0.5) is 0 Å². The number of hydrogen-bond acceptors (Lipinski definition) is 2. The highest BCUT2D eigenvalue weighted by atomic mass is 127. The number of hydrogen-bond donors (Lipinski definition) is 0. The molecule has 1 unspecified atom stereocenters. The minimum atomic E-state index is -0.363. The molecule has 3 rings (SSSR count). The average Bonchev–Trinajstić information content (AvgIpc) is 2.73. The minimum Gasteiger partial charge on any atom is -0.408 e. The highest BCUT2D eigenvalue weighted by Crippen LogP contribution is 2.33. The Morgan fingerprint density at radius 2 is 2.00 bits per heavy atom. The second-order valence-corrected chi connectivity index (χ2v) is 6.14. The summed E-state index contributed by atoms with van der Waals surface area (Å²) in [7, 11) is 1.69. The van der Waals surface area contributed by atoms with E-state index in [1.54, 1.807) is 7.05 Å². The third kappa shape index (κ3) is 2.27. The molecule has 0 N–H and O–H groups in total. The van der Waals surface area contributed by atoms with Gasteiger partial charge in [0.15, 0.2) is 5.58 Å². The smallest absolute Gasteiger partial charge is 0.408 e. The van der Waals surface area contributed by atoms with Gasteiger partial charge in [-0.05, 0) is 51.9 Å². The normalized spacial score (nSPS) is 12.8. The second-order valence-electron chi connectivity index (χ2n) is 4.54. The van der Waals surface area contributed by atoms with Crippen LogP contribution in [0.1, 0.15) is 16.5 Å². The van der Waals surface area contributed by atoms with Gasteiger partial charge in [-0.1, -0.05) is 24.3 Å². The molecule has 0 bridgehead atoms. The summed E-state index contributed by atoms with van der Waals surface area (Å²) in [5.74, 6) is -0.363. The Morgan fingerprint density at radius 3 is 2.75 bits per heavy atom. The number of aryl methyl sites for hydroxylation is 1. The van der Waals surface area contributed by atoms with Crippen molar-refractivity contribution in [2.45, 2.75) is 5.38 Å². The molecule has 0 saturated heterocycles. The van der Waals surface area contributed by atoms with E-state index in [-0.39, 0.29) is 11.1 Å². The molecule has 20 heavy (non-hydrogen) atoms. The Morgan fingerprint density at radius 1 is 1.25 bits per heavy atom. The van der Waals surface area contributed by atoms with Crippen molar-refractivity contribution in [1.82, 2.24) is 4.57 Å². The molecule has 5 heteroatoms.